The van der Waals surface area contributed by atoms with E-state index in [9.17, 15) is 14.0 Å². The van der Waals surface area contributed by atoms with E-state index in [1.54, 1.807) is 12.1 Å². The average molecular weight is 379 g/mol. The number of halogens is 3. The van der Waals surface area contributed by atoms with Crippen molar-refractivity contribution in [1.82, 2.24) is 0 Å². The standard InChI is InChI=1S/C17H9Cl2FN2O3/c18-8-1-6-11(12(19)7-8)14-13-15(25-21-14)17(24)22(16(13)23)10-4-2-9(20)3-5-10/h1-7,13,15H/t13-,15+/m1/s1. The molecule has 126 valence electrons. The highest BCUT2D eigenvalue weighted by molar-refractivity contribution is 6.39. The number of oxime groups is 1. The topological polar surface area (TPSA) is 59.0 Å². The minimum Gasteiger partial charge on any atom is -0.381 e. The van der Waals surface area contributed by atoms with Crippen LogP contribution in [0.4, 0.5) is 10.1 Å². The van der Waals surface area contributed by atoms with Gasteiger partial charge in [0.2, 0.25) is 12.0 Å². The summed E-state index contributed by atoms with van der Waals surface area (Å²) in [4.78, 5) is 31.6. The monoisotopic (exact) mass is 378 g/mol. The lowest BCUT2D eigenvalue weighted by atomic mass is 9.94. The van der Waals surface area contributed by atoms with Gasteiger partial charge in [-0.15, -0.1) is 0 Å². The predicted octanol–water partition coefficient (Wildman–Crippen LogP) is 3.43. The van der Waals surface area contributed by atoms with Crippen molar-refractivity contribution in [2.75, 3.05) is 4.90 Å². The third-order valence-corrected chi connectivity index (χ3v) is 4.65. The van der Waals surface area contributed by atoms with Gasteiger partial charge in [-0.05, 0) is 36.4 Å². The summed E-state index contributed by atoms with van der Waals surface area (Å²) in [5, 5.41) is 4.62. The molecule has 0 aromatic heterocycles. The van der Waals surface area contributed by atoms with Crippen LogP contribution in [0.25, 0.3) is 0 Å². The second-order valence-electron chi connectivity index (χ2n) is 5.59. The minimum absolute atomic E-state index is 0.273. The molecule has 0 radical (unpaired) electrons. The van der Waals surface area contributed by atoms with Gasteiger partial charge in [-0.1, -0.05) is 34.4 Å². The second-order valence-corrected chi connectivity index (χ2v) is 6.44. The maximum Gasteiger partial charge on any atom is 0.278 e. The summed E-state index contributed by atoms with van der Waals surface area (Å²) < 4.78 is 13.1. The fraction of sp³-hybridized carbons (Fsp3) is 0.118. The van der Waals surface area contributed by atoms with Crippen molar-refractivity contribution in [2.45, 2.75) is 6.10 Å². The van der Waals surface area contributed by atoms with Crippen LogP contribution in [0.5, 0.6) is 0 Å². The maximum absolute atomic E-state index is 13.1. The molecule has 0 spiro atoms. The van der Waals surface area contributed by atoms with E-state index in [2.05, 4.69) is 5.16 Å². The number of hydrogen-bond donors (Lipinski definition) is 0. The zero-order valence-electron chi connectivity index (χ0n) is 12.4. The Labute approximate surface area is 151 Å². The molecule has 2 aliphatic heterocycles. The van der Waals surface area contributed by atoms with Crippen molar-refractivity contribution in [2.24, 2.45) is 11.1 Å². The summed E-state index contributed by atoms with van der Waals surface area (Å²) in [5.74, 6) is -2.42. The number of hydrogen-bond acceptors (Lipinski definition) is 4. The third-order valence-electron chi connectivity index (χ3n) is 4.10. The third kappa shape index (κ3) is 2.49. The van der Waals surface area contributed by atoms with Crippen LogP contribution in [-0.2, 0) is 14.4 Å². The number of rotatable bonds is 2. The summed E-state index contributed by atoms with van der Waals surface area (Å²) in [6.45, 7) is 0. The van der Waals surface area contributed by atoms with E-state index in [1.165, 1.54) is 30.3 Å². The van der Waals surface area contributed by atoms with Gasteiger partial charge < -0.3 is 4.84 Å². The first-order valence-corrected chi connectivity index (χ1v) is 8.05. The Balaban J connectivity index is 1.72. The molecule has 1 saturated heterocycles. The highest BCUT2D eigenvalue weighted by Crippen LogP contribution is 2.37. The lowest BCUT2D eigenvalue weighted by Gasteiger charge is -2.15. The molecule has 2 aromatic rings. The van der Waals surface area contributed by atoms with Crippen LogP contribution in [0.3, 0.4) is 0 Å². The molecule has 8 heteroatoms. The van der Waals surface area contributed by atoms with E-state index < -0.39 is 29.7 Å². The average Bonchev–Trinajstić information content (AvgIpc) is 3.10. The zero-order valence-corrected chi connectivity index (χ0v) is 14.0. The number of amides is 2. The maximum atomic E-state index is 13.1. The number of carbonyl (C=O) groups is 2. The lowest BCUT2D eigenvalue weighted by Crippen LogP contribution is -2.33. The summed E-state index contributed by atoms with van der Waals surface area (Å²) in [6.07, 6.45) is -1.06. The van der Waals surface area contributed by atoms with Crippen LogP contribution in [0, 0.1) is 11.7 Å². The molecule has 0 aliphatic carbocycles. The van der Waals surface area contributed by atoms with Crippen molar-refractivity contribution in [3.8, 4) is 0 Å². The molecule has 2 atom stereocenters. The normalized spacial score (nSPS) is 22.0. The SMILES string of the molecule is O=C1[C@@H]2C(c3ccc(Cl)cc3Cl)=NO[C@@H]2C(=O)N1c1ccc(F)cc1. The molecule has 2 aromatic carbocycles. The van der Waals surface area contributed by atoms with Gasteiger partial charge >= 0.3 is 0 Å². The Morgan fingerprint density at radius 2 is 1.76 bits per heavy atom. The van der Waals surface area contributed by atoms with Crippen molar-refractivity contribution >= 4 is 46.4 Å². The fourth-order valence-electron chi connectivity index (χ4n) is 2.94. The Kier molecular flexibility index (Phi) is 3.74. The first-order chi connectivity index (χ1) is 12.0. The van der Waals surface area contributed by atoms with Gasteiger partial charge in [-0.3, -0.25) is 9.59 Å². The number of carbonyl (C=O) groups excluding carboxylic acids is 2. The van der Waals surface area contributed by atoms with E-state index in [4.69, 9.17) is 28.0 Å². The molecule has 4 rings (SSSR count). The molecule has 5 nitrogen and oxygen atoms in total. The number of anilines is 1. The Hall–Kier alpha value is -2.44. The molecule has 0 saturated carbocycles. The molecule has 1 fully saturated rings. The van der Waals surface area contributed by atoms with Crippen LogP contribution in [-0.4, -0.2) is 23.6 Å². The summed E-state index contributed by atoms with van der Waals surface area (Å²) in [5.41, 5.74) is 1.02. The number of imide groups is 1. The van der Waals surface area contributed by atoms with Crippen LogP contribution in [0.1, 0.15) is 5.56 Å². The molecule has 2 amide bonds. The second kappa shape index (κ2) is 5.82. The van der Waals surface area contributed by atoms with E-state index in [0.717, 1.165) is 4.90 Å². The van der Waals surface area contributed by atoms with Gasteiger partial charge in [0.05, 0.1) is 10.7 Å². The molecule has 0 N–H and O–H groups in total. The molecule has 25 heavy (non-hydrogen) atoms. The van der Waals surface area contributed by atoms with Gasteiger partial charge in [0.25, 0.3) is 5.91 Å². The zero-order chi connectivity index (χ0) is 17.7. The first kappa shape index (κ1) is 16.1. The number of benzene rings is 2. The van der Waals surface area contributed by atoms with Crippen LogP contribution in [0.2, 0.25) is 10.0 Å². The highest BCUT2D eigenvalue weighted by Gasteiger charge is 2.56. The van der Waals surface area contributed by atoms with Crippen molar-refractivity contribution in [1.29, 1.82) is 0 Å². The van der Waals surface area contributed by atoms with Gasteiger partial charge in [0.15, 0.2) is 0 Å². The first-order valence-electron chi connectivity index (χ1n) is 7.30. The van der Waals surface area contributed by atoms with Gasteiger partial charge in [0.1, 0.15) is 17.4 Å². The van der Waals surface area contributed by atoms with Crippen LogP contribution >= 0.6 is 23.2 Å². The Morgan fingerprint density at radius 3 is 2.44 bits per heavy atom. The Morgan fingerprint density at radius 1 is 1.04 bits per heavy atom. The van der Waals surface area contributed by atoms with Crippen LogP contribution < -0.4 is 4.90 Å². The fourth-order valence-corrected chi connectivity index (χ4v) is 3.45. The predicted molar refractivity (Wildman–Crippen MR) is 90.3 cm³/mol. The quantitative estimate of drug-likeness (QED) is 0.752. The highest BCUT2D eigenvalue weighted by atomic mass is 35.5. The van der Waals surface area contributed by atoms with Gasteiger partial charge in [-0.25, -0.2) is 9.29 Å². The molecule has 2 aliphatic rings. The molecule has 0 bridgehead atoms. The molecule has 2 heterocycles. The van der Waals surface area contributed by atoms with Crippen molar-refractivity contribution < 1.29 is 18.8 Å². The van der Waals surface area contributed by atoms with Crippen molar-refractivity contribution in [3.63, 3.8) is 0 Å². The largest absolute Gasteiger partial charge is 0.381 e. The van der Waals surface area contributed by atoms with E-state index in [-0.39, 0.29) is 11.4 Å². The minimum atomic E-state index is -1.06. The van der Waals surface area contributed by atoms with Gasteiger partial charge in [0, 0.05) is 10.6 Å². The molecule has 0 unspecified atom stereocenters. The number of nitrogens with zero attached hydrogens (tertiary/aromatic N) is 2. The van der Waals surface area contributed by atoms with E-state index in [1.807, 2.05) is 0 Å². The summed E-state index contributed by atoms with van der Waals surface area (Å²) in [6, 6.07) is 9.82. The number of fused-ring (bicyclic) bond motifs is 1. The summed E-state index contributed by atoms with van der Waals surface area (Å²) >= 11 is 12.1. The smallest absolute Gasteiger partial charge is 0.278 e. The van der Waals surface area contributed by atoms with E-state index in [0.29, 0.717) is 15.6 Å². The lowest BCUT2D eigenvalue weighted by molar-refractivity contribution is -0.126. The van der Waals surface area contributed by atoms with Crippen LogP contribution in [0.15, 0.2) is 47.6 Å². The van der Waals surface area contributed by atoms with E-state index >= 15 is 0 Å². The van der Waals surface area contributed by atoms with Gasteiger partial charge in [-0.2, -0.15) is 0 Å². The van der Waals surface area contributed by atoms with Crippen molar-refractivity contribution in [3.05, 3.63) is 63.9 Å². The summed E-state index contributed by atoms with van der Waals surface area (Å²) in [7, 11) is 0. The molecular weight excluding hydrogens is 370 g/mol. The molecular formula is C17H9Cl2FN2O3. The Bertz CT molecular complexity index is 930.